The van der Waals surface area contributed by atoms with Crippen LogP contribution in [0.1, 0.15) is 34.0 Å². The second-order valence-electron chi connectivity index (χ2n) is 4.61. The summed E-state index contributed by atoms with van der Waals surface area (Å²) in [5, 5.41) is 6.93. The highest BCUT2D eigenvalue weighted by Gasteiger charge is 2.24. The van der Waals surface area contributed by atoms with Crippen molar-refractivity contribution in [3.63, 3.8) is 0 Å². The summed E-state index contributed by atoms with van der Waals surface area (Å²) in [6.07, 6.45) is 2.21. The van der Waals surface area contributed by atoms with Gasteiger partial charge in [-0.2, -0.15) is 0 Å². The maximum absolute atomic E-state index is 11.9. The first kappa shape index (κ1) is 11.5. The second kappa shape index (κ2) is 4.24. The Balaban J connectivity index is 1.86. The Bertz CT molecular complexity index is 576. The van der Waals surface area contributed by atoms with E-state index in [2.05, 4.69) is 10.5 Å². The molecule has 2 aromatic rings. The zero-order valence-corrected chi connectivity index (χ0v) is 11.1. The molecule has 0 atom stereocenters. The zero-order chi connectivity index (χ0) is 12.7. The lowest BCUT2D eigenvalue weighted by Gasteiger charge is -1.99. The van der Waals surface area contributed by atoms with E-state index in [9.17, 15) is 4.79 Å². The van der Waals surface area contributed by atoms with E-state index in [0.29, 0.717) is 6.04 Å². The van der Waals surface area contributed by atoms with Crippen LogP contribution in [-0.2, 0) is 0 Å². The van der Waals surface area contributed by atoms with E-state index in [-0.39, 0.29) is 5.91 Å². The summed E-state index contributed by atoms with van der Waals surface area (Å²) in [4.78, 5) is 13.7. The molecule has 1 N–H and O–H groups in total. The van der Waals surface area contributed by atoms with Gasteiger partial charge >= 0.3 is 0 Å². The smallest absolute Gasteiger partial charge is 0.261 e. The normalized spacial score (nSPS) is 14.8. The Kier molecular flexibility index (Phi) is 2.70. The Hall–Kier alpha value is -1.62. The van der Waals surface area contributed by atoms with Gasteiger partial charge in [-0.05, 0) is 38.8 Å². The third-order valence-corrected chi connectivity index (χ3v) is 4.12. The first-order chi connectivity index (χ1) is 8.65. The minimum atomic E-state index is 0.0283. The number of carbonyl (C=O) groups is 1. The van der Waals surface area contributed by atoms with Crippen molar-refractivity contribution >= 4 is 17.2 Å². The molecule has 2 heterocycles. The van der Waals surface area contributed by atoms with Crippen molar-refractivity contribution in [3.05, 3.63) is 28.5 Å². The topological polar surface area (TPSA) is 55.1 Å². The molecule has 1 aliphatic carbocycles. The molecule has 1 saturated carbocycles. The summed E-state index contributed by atoms with van der Waals surface area (Å²) >= 11 is 1.48. The van der Waals surface area contributed by atoms with Crippen molar-refractivity contribution in [2.75, 3.05) is 0 Å². The summed E-state index contributed by atoms with van der Waals surface area (Å²) in [6, 6.07) is 4.21. The van der Waals surface area contributed by atoms with Gasteiger partial charge in [-0.1, -0.05) is 5.16 Å². The molecule has 0 radical (unpaired) electrons. The van der Waals surface area contributed by atoms with Gasteiger partial charge in [0.05, 0.1) is 16.1 Å². The van der Waals surface area contributed by atoms with E-state index < -0.39 is 0 Å². The molecule has 0 saturated heterocycles. The van der Waals surface area contributed by atoms with Gasteiger partial charge in [0.25, 0.3) is 5.91 Å². The van der Waals surface area contributed by atoms with Gasteiger partial charge in [-0.15, -0.1) is 11.3 Å². The molecule has 1 fully saturated rings. The third-order valence-electron chi connectivity index (χ3n) is 3.02. The Morgan fingerprint density at radius 1 is 1.44 bits per heavy atom. The number of rotatable bonds is 3. The first-order valence-corrected chi connectivity index (χ1v) is 6.81. The van der Waals surface area contributed by atoms with Gasteiger partial charge in [-0.3, -0.25) is 4.79 Å². The number of hydrogen-bond donors (Lipinski definition) is 1. The molecular formula is C13H14N2O2S. The van der Waals surface area contributed by atoms with Crippen molar-refractivity contribution in [2.24, 2.45) is 0 Å². The zero-order valence-electron chi connectivity index (χ0n) is 10.3. The van der Waals surface area contributed by atoms with E-state index >= 15 is 0 Å². The molecule has 0 aromatic carbocycles. The van der Waals surface area contributed by atoms with Gasteiger partial charge < -0.3 is 9.84 Å². The van der Waals surface area contributed by atoms with E-state index in [1.165, 1.54) is 11.3 Å². The number of aryl methyl sites for hydroxylation is 2. The van der Waals surface area contributed by atoms with Crippen molar-refractivity contribution in [1.29, 1.82) is 0 Å². The van der Waals surface area contributed by atoms with Crippen LogP contribution in [0.2, 0.25) is 0 Å². The van der Waals surface area contributed by atoms with Gasteiger partial charge in [-0.25, -0.2) is 0 Å². The minimum Gasteiger partial charge on any atom is -0.361 e. The lowest BCUT2D eigenvalue weighted by atomic mass is 10.2. The lowest BCUT2D eigenvalue weighted by Crippen LogP contribution is -2.24. The maximum Gasteiger partial charge on any atom is 0.261 e. The number of aromatic nitrogens is 1. The Morgan fingerprint density at radius 2 is 2.22 bits per heavy atom. The molecule has 0 aliphatic heterocycles. The molecule has 18 heavy (non-hydrogen) atoms. The fourth-order valence-corrected chi connectivity index (χ4v) is 2.97. The summed E-state index contributed by atoms with van der Waals surface area (Å²) in [5.41, 5.74) is 1.87. The Morgan fingerprint density at radius 3 is 2.83 bits per heavy atom. The SMILES string of the molecule is Cc1noc(C)c1-c1ccc(C(=O)NC2CC2)s1. The van der Waals surface area contributed by atoms with Crippen molar-refractivity contribution < 1.29 is 9.32 Å². The average molecular weight is 262 g/mol. The van der Waals surface area contributed by atoms with Gasteiger partial charge in [0.15, 0.2) is 0 Å². The van der Waals surface area contributed by atoms with Crippen molar-refractivity contribution in [3.8, 4) is 10.4 Å². The van der Waals surface area contributed by atoms with Crippen molar-refractivity contribution in [1.82, 2.24) is 10.5 Å². The fourth-order valence-electron chi connectivity index (χ4n) is 1.91. The number of nitrogens with zero attached hydrogens (tertiary/aromatic N) is 1. The van der Waals surface area contributed by atoms with Crippen LogP contribution in [0.4, 0.5) is 0 Å². The molecule has 0 spiro atoms. The summed E-state index contributed by atoms with van der Waals surface area (Å²) in [5.74, 6) is 0.823. The minimum absolute atomic E-state index is 0.0283. The van der Waals surface area contributed by atoms with Gasteiger partial charge in [0, 0.05) is 10.9 Å². The van der Waals surface area contributed by atoms with Crippen LogP contribution in [0.25, 0.3) is 10.4 Å². The number of nitrogens with one attached hydrogen (secondary N) is 1. The Labute approximate surface area is 109 Å². The van der Waals surface area contributed by atoms with E-state index in [4.69, 9.17) is 4.52 Å². The van der Waals surface area contributed by atoms with Crippen LogP contribution in [-0.4, -0.2) is 17.1 Å². The van der Waals surface area contributed by atoms with Crippen LogP contribution >= 0.6 is 11.3 Å². The van der Waals surface area contributed by atoms with Crippen molar-refractivity contribution in [2.45, 2.75) is 32.7 Å². The largest absolute Gasteiger partial charge is 0.361 e. The molecule has 1 amide bonds. The monoisotopic (exact) mass is 262 g/mol. The van der Waals surface area contributed by atoms with Crippen LogP contribution < -0.4 is 5.32 Å². The van der Waals surface area contributed by atoms with E-state index in [1.54, 1.807) is 0 Å². The molecular weight excluding hydrogens is 248 g/mol. The molecule has 1 aliphatic rings. The highest BCUT2D eigenvalue weighted by molar-refractivity contribution is 7.17. The highest BCUT2D eigenvalue weighted by atomic mass is 32.1. The molecule has 0 unspecified atom stereocenters. The first-order valence-electron chi connectivity index (χ1n) is 5.99. The number of hydrogen-bond acceptors (Lipinski definition) is 4. The quantitative estimate of drug-likeness (QED) is 0.925. The van der Waals surface area contributed by atoms with Gasteiger partial charge in [0.1, 0.15) is 5.76 Å². The number of amides is 1. The number of carbonyl (C=O) groups excluding carboxylic acids is 1. The van der Waals surface area contributed by atoms with Crippen LogP contribution in [0.15, 0.2) is 16.7 Å². The van der Waals surface area contributed by atoms with Crippen LogP contribution in [0, 0.1) is 13.8 Å². The maximum atomic E-state index is 11.9. The second-order valence-corrected chi connectivity index (χ2v) is 5.69. The molecule has 4 nitrogen and oxygen atoms in total. The van der Waals surface area contributed by atoms with Crippen LogP contribution in [0.3, 0.4) is 0 Å². The lowest BCUT2D eigenvalue weighted by molar-refractivity contribution is 0.0955. The standard InChI is InChI=1S/C13H14N2O2S/c1-7-12(8(2)17-15-7)10-5-6-11(18-10)13(16)14-9-3-4-9/h5-6,9H,3-4H2,1-2H3,(H,14,16). The average Bonchev–Trinajstić information content (AvgIpc) is 2.89. The summed E-state index contributed by atoms with van der Waals surface area (Å²) < 4.78 is 5.15. The molecule has 94 valence electrons. The number of thiophene rings is 1. The predicted molar refractivity (Wildman–Crippen MR) is 69.8 cm³/mol. The van der Waals surface area contributed by atoms with Gasteiger partial charge in [0.2, 0.25) is 0 Å². The van der Waals surface area contributed by atoms with E-state index in [1.807, 2.05) is 26.0 Å². The summed E-state index contributed by atoms with van der Waals surface area (Å²) in [6.45, 7) is 3.80. The molecule has 5 heteroatoms. The summed E-state index contributed by atoms with van der Waals surface area (Å²) in [7, 11) is 0. The molecule has 3 rings (SSSR count). The predicted octanol–water partition coefficient (Wildman–Crippen LogP) is 2.91. The van der Waals surface area contributed by atoms with Crippen LogP contribution in [0.5, 0.6) is 0 Å². The molecule has 0 bridgehead atoms. The highest BCUT2D eigenvalue weighted by Crippen LogP contribution is 2.33. The third kappa shape index (κ3) is 2.06. The van der Waals surface area contributed by atoms with E-state index in [0.717, 1.165) is 39.6 Å². The fraction of sp³-hybridized carbons (Fsp3) is 0.385. The molecule has 2 aromatic heterocycles.